The first-order valence-corrected chi connectivity index (χ1v) is 9.08. The smallest absolute Gasteiger partial charge is 0.257 e. The van der Waals surface area contributed by atoms with Crippen LogP contribution in [-0.4, -0.2) is 29.7 Å². The van der Waals surface area contributed by atoms with Gasteiger partial charge in [-0.15, -0.1) is 0 Å². The van der Waals surface area contributed by atoms with Gasteiger partial charge in [-0.25, -0.2) is 4.98 Å². The van der Waals surface area contributed by atoms with E-state index in [9.17, 15) is 4.79 Å². The van der Waals surface area contributed by atoms with Gasteiger partial charge in [0, 0.05) is 34.2 Å². The van der Waals surface area contributed by atoms with E-state index in [2.05, 4.69) is 26.2 Å². The quantitative estimate of drug-likeness (QED) is 0.647. The Bertz CT molecular complexity index is 984. The van der Waals surface area contributed by atoms with E-state index < -0.39 is 0 Å². The van der Waals surface area contributed by atoms with Crippen LogP contribution in [0.2, 0.25) is 0 Å². The molecule has 1 amide bonds. The number of ether oxygens (including phenoxy) is 2. The van der Waals surface area contributed by atoms with Crippen molar-refractivity contribution < 1.29 is 14.3 Å². The molecule has 0 saturated carbocycles. The lowest BCUT2D eigenvalue weighted by Crippen LogP contribution is -2.14. The number of carbonyl (C=O) groups is 1. The van der Waals surface area contributed by atoms with E-state index in [0.717, 1.165) is 17.2 Å². The van der Waals surface area contributed by atoms with Crippen molar-refractivity contribution in [3.63, 3.8) is 0 Å². The van der Waals surface area contributed by atoms with Crippen LogP contribution in [0.1, 0.15) is 21.7 Å². The highest BCUT2D eigenvalue weighted by molar-refractivity contribution is 9.10. The van der Waals surface area contributed by atoms with E-state index in [0.29, 0.717) is 27.2 Å². The summed E-state index contributed by atoms with van der Waals surface area (Å²) in [5, 5.41) is 2.93. The van der Waals surface area contributed by atoms with Crippen molar-refractivity contribution in [1.29, 1.82) is 0 Å². The Balaban J connectivity index is 1.94. The molecule has 0 aliphatic rings. The van der Waals surface area contributed by atoms with E-state index in [1.165, 1.54) is 0 Å². The standard InChI is InChI=1S/C20H20BrN3O3/c1-12-9-14(13(2)24(12)19-7-5-6-8-22-19)20(25)23-16-11-18(27-4)17(26-3)10-15(16)21/h5-11H,1-4H3,(H,23,25). The highest BCUT2D eigenvalue weighted by Crippen LogP contribution is 2.36. The third kappa shape index (κ3) is 3.68. The second-order valence-electron chi connectivity index (χ2n) is 5.95. The van der Waals surface area contributed by atoms with Crippen LogP contribution in [0.15, 0.2) is 47.1 Å². The molecule has 0 aliphatic heterocycles. The maximum atomic E-state index is 12.9. The normalized spacial score (nSPS) is 10.6. The van der Waals surface area contributed by atoms with Crippen molar-refractivity contribution in [2.75, 3.05) is 19.5 Å². The third-order valence-corrected chi connectivity index (χ3v) is 4.93. The first kappa shape index (κ1) is 19.0. The number of nitrogens with one attached hydrogen (secondary N) is 1. The summed E-state index contributed by atoms with van der Waals surface area (Å²) in [6.45, 7) is 3.85. The van der Waals surface area contributed by atoms with Gasteiger partial charge in [-0.1, -0.05) is 6.07 Å². The number of nitrogens with zero attached hydrogens (tertiary/aromatic N) is 2. The van der Waals surface area contributed by atoms with E-state index >= 15 is 0 Å². The molecule has 3 aromatic rings. The van der Waals surface area contributed by atoms with Crippen LogP contribution < -0.4 is 14.8 Å². The minimum atomic E-state index is -0.210. The van der Waals surface area contributed by atoms with Crippen LogP contribution in [0.25, 0.3) is 5.82 Å². The van der Waals surface area contributed by atoms with Gasteiger partial charge in [0.05, 0.1) is 25.5 Å². The monoisotopic (exact) mass is 429 g/mol. The number of rotatable bonds is 5. The number of halogens is 1. The summed E-state index contributed by atoms with van der Waals surface area (Å²) in [6, 6.07) is 11.0. The van der Waals surface area contributed by atoms with E-state index in [-0.39, 0.29) is 5.91 Å². The van der Waals surface area contributed by atoms with Gasteiger partial charge in [-0.3, -0.25) is 4.79 Å². The Hall–Kier alpha value is -2.80. The van der Waals surface area contributed by atoms with Crippen LogP contribution in [0.3, 0.4) is 0 Å². The maximum absolute atomic E-state index is 12.9. The van der Waals surface area contributed by atoms with Gasteiger partial charge in [0.15, 0.2) is 11.5 Å². The number of aryl methyl sites for hydroxylation is 1. The Morgan fingerprint density at radius 1 is 1.11 bits per heavy atom. The van der Waals surface area contributed by atoms with Gasteiger partial charge < -0.3 is 19.4 Å². The lowest BCUT2D eigenvalue weighted by Gasteiger charge is -2.13. The fourth-order valence-corrected chi connectivity index (χ4v) is 3.39. The Morgan fingerprint density at radius 3 is 2.44 bits per heavy atom. The molecule has 0 aliphatic carbocycles. The van der Waals surface area contributed by atoms with Gasteiger partial charge in [0.1, 0.15) is 5.82 Å². The van der Waals surface area contributed by atoms with Gasteiger partial charge in [-0.2, -0.15) is 0 Å². The second kappa shape index (κ2) is 7.84. The average Bonchev–Trinajstić information content (AvgIpc) is 2.97. The molecule has 2 aromatic heterocycles. The molecule has 0 atom stereocenters. The molecule has 0 unspecified atom stereocenters. The lowest BCUT2D eigenvalue weighted by molar-refractivity contribution is 0.102. The first-order valence-electron chi connectivity index (χ1n) is 8.29. The number of aromatic nitrogens is 2. The molecule has 3 rings (SSSR count). The zero-order chi connectivity index (χ0) is 19.6. The highest BCUT2D eigenvalue weighted by Gasteiger charge is 2.19. The Kier molecular flexibility index (Phi) is 5.51. The van der Waals surface area contributed by atoms with Crippen LogP contribution in [0.5, 0.6) is 11.5 Å². The van der Waals surface area contributed by atoms with Crippen molar-refractivity contribution in [3.05, 3.63) is 64.0 Å². The largest absolute Gasteiger partial charge is 0.493 e. The molecule has 0 bridgehead atoms. The fourth-order valence-electron chi connectivity index (χ4n) is 2.97. The molecule has 1 N–H and O–H groups in total. The molecule has 140 valence electrons. The molecule has 0 spiro atoms. The molecular weight excluding hydrogens is 410 g/mol. The molecule has 0 saturated heterocycles. The summed E-state index contributed by atoms with van der Waals surface area (Å²) >= 11 is 3.46. The number of hydrogen-bond donors (Lipinski definition) is 1. The topological polar surface area (TPSA) is 65.4 Å². The SMILES string of the molecule is COc1cc(Br)c(NC(=O)c2cc(C)n(-c3ccccn3)c2C)cc1OC. The summed E-state index contributed by atoms with van der Waals surface area (Å²) in [4.78, 5) is 17.3. The molecule has 0 fully saturated rings. The highest BCUT2D eigenvalue weighted by atomic mass is 79.9. The van der Waals surface area contributed by atoms with Gasteiger partial charge in [0.2, 0.25) is 0 Å². The van der Waals surface area contributed by atoms with E-state index in [4.69, 9.17) is 9.47 Å². The summed E-state index contributed by atoms with van der Waals surface area (Å²) in [7, 11) is 3.12. The van der Waals surface area contributed by atoms with Crippen LogP contribution in [-0.2, 0) is 0 Å². The van der Waals surface area contributed by atoms with Gasteiger partial charge in [-0.05, 0) is 48.0 Å². The number of hydrogen-bond acceptors (Lipinski definition) is 4. The van der Waals surface area contributed by atoms with Gasteiger partial charge >= 0.3 is 0 Å². The van der Waals surface area contributed by atoms with Crippen LogP contribution in [0.4, 0.5) is 5.69 Å². The summed E-state index contributed by atoms with van der Waals surface area (Å²) in [5.41, 5.74) is 2.93. The predicted octanol–water partition coefficient (Wildman–Crippen LogP) is 4.52. The fraction of sp³-hybridized carbons (Fsp3) is 0.200. The molecule has 2 heterocycles. The van der Waals surface area contributed by atoms with Gasteiger partial charge in [0.25, 0.3) is 5.91 Å². The number of methoxy groups -OCH3 is 2. The molecule has 6 nitrogen and oxygen atoms in total. The zero-order valence-corrected chi connectivity index (χ0v) is 17.1. The number of pyridine rings is 1. The summed E-state index contributed by atoms with van der Waals surface area (Å²) < 4.78 is 13.2. The van der Waals surface area contributed by atoms with Crippen molar-refractivity contribution in [2.45, 2.75) is 13.8 Å². The zero-order valence-electron chi connectivity index (χ0n) is 15.5. The first-order chi connectivity index (χ1) is 13.0. The Morgan fingerprint density at radius 2 is 1.81 bits per heavy atom. The van der Waals surface area contributed by atoms with Crippen molar-refractivity contribution in [2.24, 2.45) is 0 Å². The van der Waals surface area contributed by atoms with Crippen LogP contribution >= 0.6 is 15.9 Å². The molecule has 0 radical (unpaired) electrons. The van der Waals surface area contributed by atoms with Crippen molar-refractivity contribution >= 4 is 27.5 Å². The predicted molar refractivity (Wildman–Crippen MR) is 108 cm³/mol. The number of benzene rings is 1. The van der Waals surface area contributed by atoms with Crippen LogP contribution in [0, 0.1) is 13.8 Å². The van der Waals surface area contributed by atoms with E-state index in [1.807, 2.05) is 42.7 Å². The molecule has 27 heavy (non-hydrogen) atoms. The summed E-state index contributed by atoms with van der Waals surface area (Å²) in [6.07, 6.45) is 1.73. The summed E-state index contributed by atoms with van der Waals surface area (Å²) in [5.74, 6) is 1.68. The molecular formula is C20H20BrN3O3. The van der Waals surface area contributed by atoms with Crippen molar-refractivity contribution in [1.82, 2.24) is 9.55 Å². The minimum absolute atomic E-state index is 0.210. The lowest BCUT2D eigenvalue weighted by atomic mass is 10.2. The maximum Gasteiger partial charge on any atom is 0.257 e. The number of carbonyl (C=O) groups excluding carboxylic acids is 1. The average molecular weight is 430 g/mol. The number of anilines is 1. The Labute approximate surface area is 166 Å². The minimum Gasteiger partial charge on any atom is -0.493 e. The van der Waals surface area contributed by atoms with E-state index in [1.54, 1.807) is 32.5 Å². The number of amides is 1. The third-order valence-electron chi connectivity index (χ3n) is 4.28. The van der Waals surface area contributed by atoms with Crippen molar-refractivity contribution in [3.8, 4) is 17.3 Å². The molecule has 7 heteroatoms. The second-order valence-corrected chi connectivity index (χ2v) is 6.80. The molecule has 1 aromatic carbocycles.